The molecule has 1 saturated heterocycles. The van der Waals surface area contributed by atoms with Crippen LogP contribution in [0.25, 0.3) is 6.08 Å². The van der Waals surface area contributed by atoms with Crippen LogP contribution in [0.3, 0.4) is 0 Å². The van der Waals surface area contributed by atoms with Crippen molar-refractivity contribution in [3.05, 3.63) is 44.6 Å². The van der Waals surface area contributed by atoms with Crippen LogP contribution < -0.4 is 4.90 Å². The average Bonchev–Trinajstić information content (AvgIpc) is 3.06. The van der Waals surface area contributed by atoms with Crippen LogP contribution in [-0.4, -0.2) is 44.3 Å². The molecule has 2 aromatic rings. The molecule has 27 heavy (non-hydrogen) atoms. The smallest absolute Gasteiger partial charge is 0.342 e. The van der Waals surface area contributed by atoms with Gasteiger partial charge in [-0.1, -0.05) is 0 Å². The van der Waals surface area contributed by atoms with Crippen LogP contribution in [0.4, 0.5) is 11.4 Å². The summed E-state index contributed by atoms with van der Waals surface area (Å²) in [7, 11) is 0. The molecule has 0 bridgehead atoms. The van der Waals surface area contributed by atoms with Gasteiger partial charge in [-0.05, 0) is 50.1 Å². The standard InChI is InChI=1S/C17H19N5O4S/c1-11-18-17(20-19-11)27-15(16(23)24)10-12-9-13(22(25)26)5-6-14(12)21-7-3-2-4-8-21/h5-6,9-10H,2-4,7-8H2,1H3,(H,23,24)(H,18,19,20)/b15-10+. The van der Waals surface area contributed by atoms with Crippen LogP contribution in [0.2, 0.25) is 0 Å². The largest absolute Gasteiger partial charge is 0.477 e. The fraction of sp³-hybridized carbons (Fsp3) is 0.353. The number of aromatic nitrogens is 3. The van der Waals surface area contributed by atoms with Crippen molar-refractivity contribution in [3.8, 4) is 0 Å². The second-order valence-electron chi connectivity index (χ2n) is 6.17. The topological polar surface area (TPSA) is 125 Å². The molecule has 3 rings (SSSR count). The number of H-pyrrole nitrogens is 1. The Labute approximate surface area is 159 Å². The van der Waals surface area contributed by atoms with Crippen LogP contribution in [0.15, 0.2) is 28.3 Å². The normalized spacial score (nSPS) is 15.0. The summed E-state index contributed by atoms with van der Waals surface area (Å²) in [6.45, 7) is 3.40. The first kappa shape index (κ1) is 18.9. The van der Waals surface area contributed by atoms with Crippen molar-refractivity contribution in [3.63, 3.8) is 0 Å². The summed E-state index contributed by atoms with van der Waals surface area (Å²) in [6, 6.07) is 4.56. The van der Waals surface area contributed by atoms with Crippen LogP contribution in [0.5, 0.6) is 0 Å². The minimum absolute atomic E-state index is 0.00671. The third-order valence-corrected chi connectivity index (χ3v) is 5.07. The number of carboxylic acid groups (broad SMARTS) is 1. The molecule has 1 aliphatic rings. The van der Waals surface area contributed by atoms with Gasteiger partial charge in [0.25, 0.3) is 5.69 Å². The van der Waals surface area contributed by atoms with Gasteiger partial charge in [0, 0.05) is 36.5 Å². The zero-order valence-electron chi connectivity index (χ0n) is 14.7. The van der Waals surface area contributed by atoms with Gasteiger partial charge >= 0.3 is 5.97 Å². The molecule has 0 unspecified atom stereocenters. The van der Waals surface area contributed by atoms with Gasteiger partial charge < -0.3 is 10.0 Å². The third-order valence-electron chi connectivity index (χ3n) is 4.19. The van der Waals surface area contributed by atoms with Crippen molar-refractivity contribution in [2.45, 2.75) is 31.3 Å². The number of carboxylic acids is 1. The Balaban J connectivity index is 2.01. The summed E-state index contributed by atoms with van der Waals surface area (Å²) >= 11 is 0.902. The van der Waals surface area contributed by atoms with E-state index in [4.69, 9.17) is 0 Å². The van der Waals surface area contributed by atoms with E-state index in [0.29, 0.717) is 11.4 Å². The van der Waals surface area contributed by atoms with Gasteiger partial charge in [0.2, 0.25) is 5.16 Å². The minimum atomic E-state index is -1.14. The number of nitrogens with zero attached hydrogens (tertiary/aromatic N) is 4. The third kappa shape index (κ3) is 4.64. The van der Waals surface area contributed by atoms with Crippen molar-refractivity contribution in [2.24, 2.45) is 0 Å². The predicted octanol–water partition coefficient (Wildman–Crippen LogP) is 3.23. The van der Waals surface area contributed by atoms with Gasteiger partial charge in [-0.25, -0.2) is 9.78 Å². The second-order valence-corrected chi connectivity index (χ2v) is 7.18. The van der Waals surface area contributed by atoms with E-state index in [9.17, 15) is 20.0 Å². The molecule has 0 aliphatic carbocycles. The van der Waals surface area contributed by atoms with E-state index in [-0.39, 0.29) is 15.7 Å². The average molecular weight is 389 g/mol. The van der Waals surface area contributed by atoms with Crippen molar-refractivity contribution in [1.82, 2.24) is 15.2 Å². The molecule has 2 N–H and O–H groups in total. The summed E-state index contributed by atoms with van der Waals surface area (Å²) in [4.78, 5) is 28.7. The number of piperidine rings is 1. The Morgan fingerprint density at radius 1 is 1.37 bits per heavy atom. The summed E-state index contributed by atoms with van der Waals surface area (Å²) in [5, 5.41) is 27.6. The first-order chi connectivity index (χ1) is 12.9. The van der Waals surface area contributed by atoms with Crippen molar-refractivity contribution in [2.75, 3.05) is 18.0 Å². The Bertz CT molecular complexity index is 889. The Morgan fingerprint density at radius 2 is 2.11 bits per heavy atom. The van der Waals surface area contributed by atoms with E-state index in [1.54, 1.807) is 13.0 Å². The highest BCUT2D eigenvalue weighted by Crippen LogP contribution is 2.33. The molecule has 142 valence electrons. The molecular weight excluding hydrogens is 370 g/mol. The molecule has 9 nitrogen and oxygen atoms in total. The predicted molar refractivity (Wildman–Crippen MR) is 102 cm³/mol. The van der Waals surface area contributed by atoms with Gasteiger partial charge in [-0.15, -0.1) is 5.10 Å². The molecule has 10 heteroatoms. The fourth-order valence-electron chi connectivity index (χ4n) is 2.94. The van der Waals surface area contributed by atoms with E-state index in [1.807, 2.05) is 0 Å². The number of hydrogen-bond donors (Lipinski definition) is 2. The van der Waals surface area contributed by atoms with Crippen molar-refractivity contribution >= 4 is 35.2 Å². The number of nitro groups is 1. The SMILES string of the molecule is Cc1nc(S/C(=C/c2cc([N+](=O)[O-])ccc2N2CCCCC2)C(=O)O)n[nH]1. The van der Waals surface area contributed by atoms with E-state index in [1.165, 1.54) is 18.2 Å². The number of carbonyl (C=O) groups is 1. The number of anilines is 1. The quantitative estimate of drug-likeness (QED) is 0.334. The summed E-state index contributed by atoms with van der Waals surface area (Å²) in [6.07, 6.45) is 4.68. The first-order valence-electron chi connectivity index (χ1n) is 8.49. The fourth-order valence-corrected chi connectivity index (χ4v) is 3.68. The van der Waals surface area contributed by atoms with E-state index >= 15 is 0 Å². The van der Waals surface area contributed by atoms with E-state index < -0.39 is 10.9 Å². The molecule has 1 aromatic carbocycles. The molecule has 0 saturated carbocycles. The molecule has 0 radical (unpaired) electrons. The lowest BCUT2D eigenvalue weighted by atomic mass is 10.1. The number of non-ortho nitro benzene ring substituents is 1. The van der Waals surface area contributed by atoms with Gasteiger partial charge in [-0.2, -0.15) is 0 Å². The number of nitro benzene ring substituents is 1. The van der Waals surface area contributed by atoms with Crippen LogP contribution in [0, 0.1) is 17.0 Å². The Hall–Kier alpha value is -2.88. The number of nitrogens with one attached hydrogen (secondary N) is 1. The molecule has 1 aromatic heterocycles. The highest BCUT2D eigenvalue weighted by Gasteiger charge is 2.19. The zero-order chi connectivity index (χ0) is 19.4. The van der Waals surface area contributed by atoms with Crippen molar-refractivity contribution in [1.29, 1.82) is 0 Å². The maximum atomic E-state index is 11.7. The maximum Gasteiger partial charge on any atom is 0.342 e. The number of thioether (sulfide) groups is 1. The van der Waals surface area contributed by atoms with Crippen LogP contribution in [0.1, 0.15) is 30.7 Å². The molecule has 0 spiro atoms. The number of aryl methyl sites for hydroxylation is 1. The van der Waals surface area contributed by atoms with Gasteiger partial charge in [0.15, 0.2) is 0 Å². The summed E-state index contributed by atoms with van der Waals surface area (Å²) in [5.74, 6) is -0.565. The Kier molecular flexibility index (Phi) is 5.75. The summed E-state index contributed by atoms with van der Waals surface area (Å²) < 4.78 is 0. The first-order valence-corrected chi connectivity index (χ1v) is 9.31. The molecule has 1 fully saturated rings. The van der Waals surface area contributed by atoms with Gasteiger partial charge in [0.05, 0.1) is 4.92 Å². The van der Waals surface area contributed by atoms with E-state index in [0.717, 1.165) is 49.8 Å². The number of aromatic amines is 1. The van der Waals surface area contributed by atoms with Crippen LogP contribution in [-0.2, 0) is 4.79 Å². The Morgan fingerprint density at radius 3 is 2.70 bits per heavy atom. The highest BCUT2D eigenvalue weighted by molar-refractivity contribution is 8.04. The number of benzene rings is 1. The lowest BCUT2D eigenvalue weighted by Crippen LogP contribution is -2.29. The molecule has 1 aliphatic heterocycles. The lowest BCUT2D eigenvalue weighted by molar-refractivity contribution is -0.384. The lowest BCUT2D eigenvalue weighted by Gasteiger charge is -2.30. The summed E-state index contributed by atoms with van der Waals surface area (Å²) in [5.41, 5.74) is 1.22. The van der Waals surface area contributed by atoms with Crippen molar-refractivity contribution < 1.29 is 14.8 Å². The molecule has 0 amide bonds. The number of aliphatic carboxylic acids is 1. The molecular formula is C17H19N5O4S. The van der Waals surface area contributed by atoms with Gasteiger partial charge in [-0.3, -0.25) is 15.2 Å². The van der Waals surface area contributed by atoms with Crippen LogP contribution >= 0.6 is 11.8 Å². The number of rotatable bonds is 6. The minimum Gasteiger partial charge on any atom is -0.477 e. The molecule has 0 atom stereocenters. The van der Waals surface area contributed by atoms with Gasteiger partial charge in [0.1, 0.15) is 10.7 Å². The van der Waals surface area contributed by atoms with E-state index in [2.05, 4.69) is 20.1 Å². The highest BCUT2D eigenvalue weighted by atomic mass is 32.2. The molecule has 2 heterocycles. The number of hydrogen-bond acceptors (Lipinski definition) is 7. The maximum absolute atomic E-state index is 11.7. The second kappa shape index (κ2) is 8.21. The zero-order valence-corrected chi connectivity index (χ0v) is 15.5. The monoisotopic (exact) mass is 389 g/mol.